The van der Waals surface area contributed by atoms with Gasteiger partial charge in [0.1, 0.15) is 17.2 Å². The van der Waals surface area contributed by atoms with Gasteiger partial charge in [0, 0.05) is 24.2 Å². The van der Waals surface area contributed by atoms with Crippen LogP contribution in [0.25, 0.3) is 0 Å². The fourth-order valence-corrected chi connectivity index (χ4v) is 2.73. The van der Waals surface area contributed by atoms with Crippen LogP contribution >= 0.6 is 0 Å². The number of hydrogen-bond donors (Lipinski definition) is 1. The summed E-state index contributed by atoms with van der Waals surface area (Å²) < 4.78 is 15.7. The highest BCUT2D eigenvalue weighted by atomic mass is 16.5. The van der Waals surface area contributed by atoms with Crippen LogP contribution in [-0.4, -0.2) is 44.9 Å². The largest absolute Gasteiger partial charge is 0.497 e. The number of esters is 1. The second-order valence-electron chi connectivity index (χ2n) is 5.53. The van der Waals surface area contributed by atoms with Gasteiger partial charge in [-0.1, -0.05) is 12.1 Å². The van der Waals surface area contributed by atoms with E-state index in [1.807, 2.05) is 6.07 Å². The highest BCUT2D eigenvalue weighted by Gasteiger charge is 2.35. The maximum atomic E-state index is 12.7. The maximum absolute atomic E-state index is 12.7. The molecule has 26 heavy (non-hydrogen) atoms. The van der Waals surface area contributed by atoms with E-state index >= 15 is 0 Å². The lowest BCUT2D eigenvalue weighted by Gasteiger charge is -2.25. The minimum atomic E-state index is -1.00. The molecule has 0 fully saturated rings. The number of methoxy groups -OCH3 is 2. The molecule has 1 heterocycles. The zero-order chi connectivity index (χ0) is 18.7. The van der Waals surface area contributed by atoms with Crippen molar-refractivity contribution < 1.29 is 23.8 Å². The summed E-state index contributed by atoms with van der Waals surface area (Å²) in [6.07, 6.45) is 0. The number of amides is 1. The molecule has 0 saturated heterocycles. The molecule has 2 aromatic carbocycles. The van der Waals surface area contributed by atoms with Crippen LogP contribution in [0.15, 0.2) is 47.5 Å². The third-order valence-corrected chi connectivity index (χ3v) is 4.01. The van der Waals surface area contributed by atoms with Crippen molar-refractivity contribution in [1.29, 1.82) is 0 Å². The first-order valence-electron chi connectivity index (χ1n) is 7.89. The number of carbonyl (C=O) groups is 2. The molecule has 1 amide bonds. The Morgan fingerprint density at radius 1 is 1.12 bits per heavy atom. The molecule has 7 heteroatoms. The topological polar surface area (TPSA) is 86.2 Å². The first-order valence-corrected chi connectivity index (χ1v) is 7.89. The van der Waals surface area contributed by atoms with Gasteiger partial charge in [0.2, 0.25) is 0 Å². The van der Waals surface area contributed by atoms with Gasteiger partial charge in [-0.25, -0.2) is 4.79 Å². The van der Waals surface area contributed by atoms with E-state index < -0.39 is 17.9 Å². The summed E-state index contributed by atoms with van der Waals surface area (Å²) in [6.45, 7) is 0. The average molecular weight is 354 g/mol. The van der Waals surface area contributed by atoms with Crippen molar-refractivity contribution in [2.45, 2.75) is 6.04 Å². The Morgan fingerprint density at radius 2 is 1.77 bits per heavy atom. The molecule has 7 nitrogen and oxygen atoms in total. The van der Waals surface area contributed by atoms with Crippen molar-refractivity contribution >= 4 is 17.6 Å². The first kappa shape index (κ1) is 17.5. The molecular formula is C19H18N2O5. The number of para-hydroxylation sites is 1. The number of benzene rings is 2. The Morgan fingerprint density at radius 3 is 2.38 bits per heavy atom. The van der Waals surface area contributed by atoms with Gasteiger partial charge in [-0.05, 0) is 24.3 Å². The van der Waals surface area contributed by atoms with Crippen molar-refractivity contribution in [1.82, 2.24) is 5.32 Å². The minimum Gasteiger partial charge on any atom is -0.497 e. The van der Waals surface area contributed by atoms with Crippen molar-refractivity contribution in [2.24, 2.45) is 4.99 Å². The van der Waals surface area contributed by atoms with Crippen LogP contribution in [-0.2, 0) is 4.79 Å². The molecule has 1 N–H and O–H groups in total. The molecule has 3 rings (SSSR count). The zero-order valence-electron chi connectivity index (χ0n) is 14.6. The zero-order valence-corrected chi connectivity index (χ0v) is 14.6. The highest BCUT2D eigenvalue weighted by Crippen LogP contribution is 2.26. The van der Waals surface area contributed by atoms with Crippen molar-refractivity contribution in [3.63, 3.8) is 0 Å². The number of nitrogens with one attached hydrogen (secondary N) is 1. The summed E-state index contributed by atoms with van der Waals surface area (Å²) in [4.78, 5) is 29.2. The lowest BCUT2D eigenvalue weighted by molar-refractivity contribution is -0.135. The standard InChI is InChI=1S/C19H18N2O5/c1-20-16-14-6-4-5-7-15(14)26-19(23)17(16)21-18(22)11-8-12(24-2)10-13(9-11)25-3/h4-10,17H,1-3H3,(H,21,22). The quantitative estimate of drug-likeness (QED) is 0.669. The number of fused-ring (bicyclic) bond motifs is 1. The summed E-state index contributed by atoms with van der Waals surface area (Å²) in [5.74, 6) is 0.301. The lowest BCUT2D eigenvalue weighted by atomic mass is 9.99. The third-order valence-electron chi connectivity index (χ3n) is 4.01. The number of hydrogen-bond acceptors (Lipinski definition) is 6. The Balaban J connectivity index is 1.91. The molecule has 134 valence electrons. The molecular weight excluding hydrogens is 336 g/mol. The number of aliphatic imine (C=N–C) groups is 1. The van der Waals surface area contributed by atoms with E-state index in [0.29, 0.717) is 34.1 Å². The summed E-state index contributed by atoms with van der Waals surface area (Å²) >= 11 is 0. The number of rotatable bonds is 4. The van der Waals surface area contributed by atoms with E-state index in [-0.39, 0.29) is 0 Å². The van der Waals surface area contributed by atoms with Crippen molar-refractivity contribution in [3.8, 4) is 17.2 Å². The minimum absolute atomic E-state index is 0.295. The second kappa shape index (κ2) is 7.26. The predicted octanol–water partition coefficient (Wildman–Crippen LogP) is 1.84. The highest BCUT2D eigenvalue weighted by molar-refractivity contribution is 6.21. The van der Waals surface area contributed by atoms with Gasteiger partial charge in [-0.3, -0.25) is 9.79 Å². The van der Waals surface area contributed by atoms with Gasteiger partial charge in [0.15, 0.2) is 6.04 Å². The SMILES string of the molecule is CN=C1c2ccccc2OC(=O)C1NC(=O)c1cc(OC)cc(OC)c1. The van der Waals surface area contributed by atoms with Crippen LogP contribution in [0.5, 0.6) is 17.2 Å². The van der Waals surface area contributed by atoms with Crippen LogP contribution < -0.4 is 19.5 Å². The van der Waals surface area contributed by atoms with Gasteiger partial charge >= 0.3 is 5.97 Å². The maximum Gasteiger partial charge on any atom is 0.340 e. The number of nitrogens with zero attached hydrogens (tertiary/aromatic N) is 1. The molecule has 0 radical (unpaired) electrons. The first-order chi connectivity index (χ1) is 12.6. The fraction of sp³-hybridized carbons (Fsp3) is 0.211. The molecule has 1 atom stereocenters. The Hall–Kier alpha value is -3.35. The monoisotopic (exact) mass is 354 g/mol. The molecule has 0 aliphatic carbocycles. The van der Waals surface area contributed by atoms with E-state index in [0.717, 1.165) is 0 Å². The fourth-order valence-electron chi connectivity index (χ4n) is 2.73. The molecule has 0 saturated carbocycles. The molecule has 2 aromatic rings. The predicted molar refractivity (Wildman–Crippen MR) is 95.3 cm³/mol. The molecule has 1 aliphatic heterocycles. The van der Waals surface area contributed by atoms with Gasteiger partial charge < -0.3 is 19.5 Å². The van der Waals surface area contributed by atoms with Gasteiger partial charge in [-0.15, -0.1) is 0 Å². The van der Waals surface area contributed by atoms with E-state index in [1.165, 1.54) is 14.2 Å². The molecule has 1 aliphatic rings. The number of carbonyl (C=O) groups excluding carboxylic acids is 2. The van der Waals surface area contributed by atoms with Gasteiger partial charge in [-0.2, -0.15) is 0 Å². The van der Waals surface area contributed by atoms with Crippen molar-refractivity contribution in [3.05, 3.63) is 53.6 Å². The average Bonchev–Trinajstić information content (AvgIpc) is 2.67. The van der Waals surface area contributed by atoms with Crippen LogP contribution in [0.4, 0.5) is 0 Å². The Kier molecular flexibility index (Phi) is 4.88. The van der Waals surface area contributed by atoms with E-state index in [9.17, 15) is 9.59 Å². The second-order valence-corrected chi connectivity index (χ2v) is 5.53. The summed E-state index contributed by atoms with van der Waals surface area (Å²) in [5.41, 5.74) is 1.41. The lowest BCUT2D eigenvalue weighted by Crippen LogP contribution is -2.51. The molecule has 1 unspecified atom stereocenters. The molecule has 0 spiro atoms. The summed E-state index contributed by atoms with van der Waals surface area (Å²) in [5, 5.41) is 2.67. The van der Waals surface area contributed by atoms with Crippen LogP contribution in [0.2, 0.25) is 0 Å². The Bertz CT molecular complexity index is 869. The molecule has 0 bridgehead atoms. The van der Waals surface area contributed by atoms with Crippen LogP contribution in [0, 0.1) is 0 Å². The summed E-state index contributed by atoms with van der Waals surface area (Å²) in [7, 11) is 4.56. The normalized spacial score (nSPS) is 17.3. The summed E-state index contributed by atoms with van der Waals surface area (Å²) in [6, 6.07) is 10.8. The number of ether oxygens (including phenoxy) is 3. The van der Waals surface area contributed by atoms with Gasteiger partial charge in [0.05, 0.1) is 19.9 Å². The third kappa shape index (κ3) is 3.23. The van der Waals surface area contributed by atoms with Crippen LogP contribution in [0.3, 0.4) is 0 Å². The van der Waals surface area contributed by atoms with Crippen molar-refractivity contribution in [2.75, 3.05) is 21.3 Å². The Labute approximate surface area is 150 Å². The van der Waals surface area contributed by atoms with E-state index in [1.54, 1.807) is 43.4 Å². The van der Waals surface area contributed by atoms with E-state index in [2.05, 4.69) is 10.3 Å². The molecule has 0 aromatic heterocycles. The van der Waals surface area contributed by atoms with Gasteiger partial charge in [0.25, 0.3) is 5.91 Å². The van der Waals surface area contributed by atoms with Crippen LogP contribution in [0.1, 0.15) is 15.9 Å². The van der Waals surface area contributed by atoms with E-state index in [4.69, 9.17) is 14.2 Å². The smallest absolute Gasteiger partial charge is 0.340 e.